The van der Waals surface area contributed by atoms with Gasteiger partial charge in [-0.25, -0.2) is 0 Å². The number of nitrogens with one attached hydrogen (secondary N) is 1. The number of hydrogen-bond donors (Lipinski definition) is 1. The van der Waals surface area contributed by atoms with Crippen molar-refractivity contribution in [2.45, 2.75) is 64.1 Å². The molecule has 1 aliphatic heterocycles. The van der Waals surface area contributed by atoms with Crippen LogP contribution in [0.4, 0.5) is 0 Å². The van der Waals surface area contributed by atoms with Crippen LogP contribution in [0.3, 0.4) is 0 Å². The highest BCUT2D eigenvalue weighted by atomic mass is 16.5. The smallest absolute Gasteiger partial charge is 0.0596 e. The molecule has 3 nitrogen and oxygen atoms in total. The molecule has 1 saturated heterocycles. The molecule has 1 N–H and O–H groups in total. The van der Waals surface area contributed by atoms with Crippen molar-refractivity contribution in [2.24, 2.45) is 0 Å². The zero-order valence-corrected chi connectivity index (χ0v) is 14.8. The molecule has 3 rings (SSSR count). The minimum atomic E-state index is 0.350. The first-order valence-corrected chi connectivity index (χ1v) is 9.37. The molecule has 0 unspecified atom stereocenters. The Morgan fingerprint density at radius 2 is 1.83 bits per heavy atom. The van der Waals surface area contributed by atoms with Crippen LogP contribution in [0, 0.1) is 0 Å². The summed E-state index contributed by atoms with van der Waals surface area (Å²) in [5.41, 5.74) is 3.12. The predicted molar refractivity (Wildman–Crippen MR) is 95.9 cm³/mol. The fraction of sp³-hybridized carbons (Fsp3) is 0.700. The lowest BCUT2D eigenvalue weighted by atomic mass is 9.87. The summed E-state index contributed by atoms with van der Waals surface area (Å²) in [5, 5.41) is 3.94. The van der Waals surface area contributed by atoms with Crippen LogP contribution in [0.15, 0.2) is 24.3 Å². The van der Waals surface area contributed by atoms with Gasteiger partial charge in [0.1, 0.15) is 0 Å². The van der Waals surface area contributed by atoms with E-state index in [0.29, 0.717) is 18.2 Å². The van der Waals surface area contributed by atoms with Gasteiger partial charge in [-0.05, 0) is 70.2 Å². The van der Waals surface area contributed by atoms with Crippen LogP contribution < -0.4 is 5.32 Å². The first-order valence-electron chi connectivity index (χ1n) is 9.37. The van der Waals surface area contributed by atoms with E-state index in [2.05, 4.69) is 48.3 Å². The summed E-state index contributed by atoms with van der Waals surface area (Å²) in [4.78, 5) is 2.55. The average Bonchev–Trinajstić information content (AvgIpc) is 2.56. The molecule has 0 bridgehead atoms. The summed E-state index contributed by atoms with van der Waals surface area (Å²) in [6.07, 6.45) is 6.64. The van der Waals surface area contributed by atoms with E-state index in [1.807, 2.05) is 0 Å². The Kier molecular flexibility index (Phi) is 6.09. The fourth-order valence-electron chi connectivity index (χ4n) is 3.91. The molecule has 1 heterocycles. The Balaban J connectivity index is 1.38. The molecule has 128 valence electrons. The van der Waals surface area contributed by atoms with Crippen molar-refractivity contribution in [3.8, 4) is 0 Å². The van der Waals surface area contributed by atoms with Gasteiger partial charge < -0.3 is 15.0 Å². The van der Waals surface area contributed by atoms with Crippen molar-refractivity contribution in [3.63, 3.8) is 0 Å². The highest BCUT2D eigenvalue weighted by molar-refractivity contribution is 5.30. The number of ether oxygens (including phenoxy) is 1. The first kappa shape index (κ1) is 16.9. The molecule has 3 heteroatoms. The Labute approximate surface area is 141 Å². The molecule has 1 fully saturated rings. The molecule has 1 atom stereocenters. The largest absolute Gasteiger partial charge is 0.377 e. The van der Waals surface area contributed by atoms with Gasteiger partial charge in [0.15, 0.2) is 0 Å². The second-order valence-electron chi connectivity index (χ2n) is 7.41. The number of rotatable bonds is 6. The van der Waals surface area contributed by atoms with Gasteiger partial charge in [0.05, 0.1) is 12.7 Å². The number of aryl methyl sites for hydroxylation is 1. The lowest BCUT2D eigenvalue weighted by Gasteiger charge is -2.36. The van der Waals surface area contributed by atoms with Gasteiger partial charge in [-0.3, -0.25) is 0 Å². The summed E-state index contributed by atoms with van der Waals surface area (Å²) < 4.78 is 5.67. The van der Waals surface area contributed by atoms with E-state index in [1.54, 1.807) is 11.1 Å². The third-order valence-electron chi connectivity index (χ3n) is 5.26. The number of piperidine rings is 1. The zero-order chi connectivity index (χ0) is 16.1. The van der Waals surface area contributed by atoms with Crippen LogP contribution in [0.1, 0.15) is 44.2 Å². The van der Waals surface area contributed by atoms with E-state index in [9.17, 15) is 0 Å². The maximum atomic E-state index is 5.67. The molecule has 2 aliphatic rings. The molecule has 1 aromatic rings. The van der Waals surface area contributed by atoms with Crippen molar-refractivity contribution < 1.29 is 4.74 Å². The lowest BCUT2D eigenvalue weighted by molar-refractivity contribution is 0.0521. The van der Waals surface area contributed by atoms with Gasteiger partial charge in [0, 0.05) is 18.6 Å². The summed E-state index contributed by atoms with van der Waals surface area (Å²) in [7, 11) is 0. The highest BCUT2D eigenvalue weighted by Crippen LogP contribution is 2.22. The minimum Gasteiger partial charge on any atom is -0.377 e. The molecule has 0 radical (unpaired) electrons. The molecule has 23 heavy (non-hydrogen) atoms. The minimum absolute atomic E-state index is 0.350. The van der Waals surface area contributed by atoms with E-state index in [-0.39, 0.29) is 0 Å². The van der Waals surface area contributed by atoms with E-state index < -0.39 is 0 Å². The number of benzene rings is 1. The molecule has 0 saturated carbocycles. The van der Waals surface area contributed by atoms with Gasteiger partial charge in [-0.2, -0.15) is 0 Å². The number of likely N-dealkylation sites (tertiary alicyclic amines) is 1. The molecular formula is C20H32N2O. The average molecular weight is 316 g/mol. The molecule has 0 amide bonds. The summed E-state index contributed by atoms with van der Waals surface area (Å²) >= 11 is 0. The Bertz CT molecular complexity index is 480. The molecule has 0 aromatic heterocycles. The van der Waals surface area contributed by atoms with E-state index >= 15 is 0 Å². The van der Waals surface area contributed by atoms with Crippen molar-refractivity contribution >= 4 is 0 Å². The van der Waals surface area contributed by atoms with E-state index in [1.165, 1.54) is 45.2 Å². The fourth-order valence-corrected chi connectivity index (χ4v) is 3.91. The van der Waals surface area contributed by atoms with Crippen LogP contribution in [-0.4, -0.2) is 49.3 Å². The van der Waals surface area contributed by atoms with Crippen LogP contribution in [0.5, 0.6) is 0 Å². The Hall–Kier alpha value is -0.900. The van der Waals surface area contributed by atoms with Crippen LogP contribution >= 0.6 is 0 Å². The highest BCUT2D eigenvalue weighted by Gasteiger charge is 2.24. The van der Waals surface area contributed by atoms with Gasteiger partial charge in [-0.1, -0.05) is 24.3 Å². The standard InChI is InChI=1S/C20H32N2O/c1-16(2)23-14-13-22-11-9-19(10-12-22)21-20-8-7-17-5-3-4-6-18(17)15-20/h3-6,16,19-21H,7-15H2,1-2H3/t20-/m1/s1. The van der Waals surface area contributed by atoms with Crippen molar-refractivity contribution in [2.75, 3.05) is 26.2 Å². The molecule has 1 aromatic carbocycles. The number of nitrogens with zero attached hydrogens (tertiary/aromatic N) is 1. The van der Waals surface area contributed by atoms with Crippen LogP contribution in [0.2, 0.25) is 0 Å². The quantitative estimate of drug-likeness (QED) is 0.873. The van der Waals surface area contributed by atoms with Gasteiger partial charge in [0.2, 0.25) is 0 Å². The van der Waals surface area contributed by atoms with Crippen LogP contribution in [-0.2, 0) is 17.6 Å². The summed E-state index contributed by atoms with van der Waals surface area (Å²) in [6.45, 7) is 8.60. The third-order valence-corrected chi connectivity index (χ3v) is 5.26. The number of fused-ring (bicyclic) bond motifs is 1. The molecule has 0 spiro atoms. The number of hydrogen-bond acceptors (Lipinski definition) is 3. The Morgan fingerprint density at radius 1 is 1.09 bits per heavy atom. The third kappa shape index (κ3) is 5.03. The lowest BCUT2D eigenvalue weighted by Crippen LogP contribution is -2.48. The van der Waals surface area contributed by atoms with Gasteiger partial charge in [-0.15, -0.1) is 0 Å². The van der Waals surface area contributed by atoms with Crippen molar-refractivity contribution in [1.29, 1.82) is 0 Å². The van der Waals surface area contributed by atoms with E-state index in [0.717, 1.165) is 13.2 Å². The maximum absolute atomic E-state index is 5.67. The molecular weight excluding hydrogens is 284 g/mol. The van der Waals surface area contributed by atoms with Crippen LogP contribution in [0.25, 0.3) is 0 Å². The van der Waals surface area contributed by atoms with Crippen molar-refractivity contribution in [3.05, 3.63) is 35.4 Å². The summed E-state index contributed by atoms with van der Waals surface area (Å²) in [6, 6.07) is 10.3. The SMILES string of the molecule is CC(C)OCCN1CCC(N[C@@H]2CCc3ccccc3C2)CC1. The normalized spacial score (nSPS) is 23.2. The van der Waals surface area contributed by atoms with Gasteiger partial charge >= 0.3 is 0 Å². The second-order valence-corrected chi connectivity index (χ2v) is 7.41. The topological polar surface area (TPSA) is 24.5 Å². The molecule has 1 aliphatic carbocycles. The second kappa shape index (κ2) is 8.27. The Morgan fingerprint density at radius 3 is 2.57 bits per heavy atom. The summed E-state index contributed by atoms with van der Waals surface area (Å²) in [5.74, 6) is 0. The maximum Gasteiger partial charge on any atom is 0.0596 e. The predicted octanol–water partition coefficient (Wildman–Crippen LogP) is 3.02. The van der Waals surface area contributed by atoms with Gasteiger partial charge in [0.25, 0.3) is 0 Å². The van der Waals surface area contributed by atoms with Crippen molar-refractivity contribution in [1.82, 2.24) is 10.2 Å². The zero-order valence-electron chi connectivity index (χ0n) is 14.8. The first-order chi connectivity index (χ1) is 11.2. The van der Waals surface area contributed by atoms with E-state index in [4.69, 9.17) is 4.74 Å². The monoisotopic (exact) mass is 316 g/mol.